The van der Waals surface area contributed by atoms with Gasteiger partial charge in [0.1, 0.15) is 5.75 Å². The Hall–Kier alpha value is -1.69. The van der Waals surface area contributed by atoms with Gasteiger partial charge >= 0.3 is 6.03 Å². The van der Waals surface area contributed by atoms with Gasteiger partial charge in [-0.3, -0.25) is 10.1 Å². The Labute approximate surface area is 104 Å². The summed E-state index contributed by atoms with van der Waals surface area (Å²) in [6.07, 6.45) is 0. The van der Waals surface area contributed by atoms with Crippen LogP contribution in [0.5, 0.6) is 5.75 Å². The summed E-state index contributed by atoms with van der Waals surface area (Å²) in [5, 5.41) is 1.61. The van der Waals surface area contributed by atoms with Gasteiger partial charge in [-0.15, -0.1) is 11.8 Å². The molecule has 5 nitrogen and oxygen atoms in total. The third-order valence-corrected chi connectivity index (χ3v) is 3.15. The lowest BCUT2D eigenvalue weighted by molar-refractivity contribution is -0.119. The fourth-order valence-electron chi connectivity index (χ4n) is 1.18. The summed E-state index contributed by atoms with van der Waals surface area (Å²) >= 11 is 1.30. The van der Waals surface area contributed by atoms with Gasteiger partial charge in [0.25, 0.3) is 0 Å². The molecule has 0 fully saturated rings. The largest absolute Gasteiger partial charge is 0.496 e. The summed E-state index contributed by atoms with van der Waals surface area (Å²) in [5.74, 6) is 0.268. The van der Waals surface area contributed by atoms with Crippen molar-refractivity contribution in [2.75, 3.05) is 7.11 Å². The minimum atomic E-state index is -0.845. The predicted molar refractivity (Wildman–Crippen MR) is 66.0 cm³/mol. The van der Waals surface area contributed by atoms with Gasteiger partial charge in [-0.25, -0.2) is 4.79 Å². The Morgan fingerprint density at radius 3 is 2.65 bits per heavy atom. The molecule has 1 aromatic carbocycles. The highest BCUT2D eigenvalue weighted by molar-refractivity contribution is 8.00. The van der Waals surface area contributed by atoms with E-state index in [9.17, 15) is 9.59 Å². The second kappa shape index (κ2) is 6.15. The van der Waals surface area contributed by atoms with Gasteiger partial charge in [0.05, 0.1) is 17.3 Å². The lowest BCUT2D eigenvalue weighted by Gasteiger charge is -2.12. The minimum absolute atomic E-state index is 0.423. The van der Waals surface area contributed by atoms with Gasteiger partial charge in [-0.1, -0.05) is 12.1 Å². The van der Waals surface area contributed by atoms with E-state index in [-0.39, 0.29) is 0 Å². The molecule has 0 aromatic heterocycles. The van der Waals surface area contributed by atoms with Gasteiger partial charge < -0.3 is 10.5 Å². The number of imide groups is 1. The van der Waals surface area contributed by atoms with Crippen molar-refractivity contribution in [3.05, 3.63) is 24.3 Å². The maximum atomic E-state index is 11.5. The van der Waals surface area contributed by atoms with Crippen LogP contribution in [0.3, 0.4) is 0 Å². The molecule has 0 aliphatic heterocycles. The molecular weight excluding hydrogens is 240 g/mol. The van der Waals surface area contributed by atoms with Crippen LogP contribution < -0.4 is 15.8 Å². The number of hydrogen-bond acceptors (Lipinski definition) is 4. The molecule has 92 valence electrons. The number of methoxy groups -OCH3 is 1. The first-order valence-electron chi connectivity index (χ1n) is 4.94. The smallest absolute Gasteiger partial charge is 0.318 e. The van der Waals surface area contributed by atoms with Crippen LogP contribution in [0.4, 0.5) is 4.79 Å². The molecule has 6 heteroatoms. The van der Waals surface area contributed by atoms with Crippen molar-refractivity contribution in [2.45, 2.75) is 17.1 Å². The zero-order valence-corrected chi connectivity index (χ0v) is 10.4. The first-order valence-corrected chi connectivity index (χ1v) is 5.82. The van der Waals surface area contributed by atoms with Crippen LogP contribution in [-0.2, 0) is 4.79 Å². The molecule has 0 bridgehead atoms. The van der Waals surface area contributed by atoms with E-state index in [0.29, 0.717) is 5.75 Å². The second-order valence-electron chi connectivity index (χ2n) is 3.26. The summed E-state index contributed by atoms with van der Waals surface area (Å²) in [5.41, 5.74) is 4.88. The number of amides is 3. The standard InChI is InChI=1S/C11H14N2O3S/c1-7(10(14)13-11(12)15)17-9-6-4-3-5-8(9)16-2/h3-7H,1-2H3,(H3,12,13,14,15). The Balaban J connectivity index is 2.70. The monoisotopic (exact) mass is 254 g/mol. The quantitative estimate of drug-likeness (QED) is 0.795. The maximum Gasteiger partial charge on any atom is 0.318 e. The molecule has 0 saturated carbocycles. The Morgan fingerprint density at radius 2 is 2.06 bits per heavy atom. The van der Waals surface area contributed by atoms with E-state index in [1.165, 1.54) is 11.8 Å². The molecule has 3 N–H and O–H groups in total. The zero-order valence-electron chi connectivity index (χ0n) is 9.60. The molecule has 0 aliphatic carbocycles. The van der Waals surface area contributed by atoms with Crippen LogP contribution >= 0.6 is 11.8 Å². The first kappa shape index (κ1) is 13.4. The van der Waals surface area contributed by atoms with E-state index >= 15 is 0 Å². The Bertz CT molecular complexity index is 423. The lowest BCUT2D eigenvalue weighted by Crippen LogP contribution is -2.39. The number of primary amides is 1. The summed E-state index contributed by atoms with van der Waals surface area (Å²) in [6.45, 7) is 1.69. The minimum Gasteiger partial charge on any atom is -0.496 e. The average molecular weight is 254 g/mol. The van der Waals surface area contributed by atoms with Crippen molar-refractivity contribution in [3.8, 4) is 5.75 Å². The fraction of sp³-hybridized carbons (Fsp3) is 0.273. The highest BCUT2D eigenvalue weighted by Crippen LogP contribution is 2.31. The van der Waals surface area contributed by atoms with Gasteiger partial charge in [0, 0.05) is 0 Å². The first-order chi connectivity index (χ1) is 8.04. The molecule has 0 aliphatic rings. The van der Waals surface area contributed by atoms with Crippen LogP contribution in [0, 0.1) is 0 Å². The molecule has 1 rings (SSSR count). The summed E-state index contributed by atoms with van der Waals surface area (Å²) < 4.78 is 5.16. The number of nitrogens with one attached hydrogen (secondary N) is 1. The van der Waals surface area contributed by atoms with Crippen molar-refractivity contribution in [1.82, 2.24) is 5.32 Å². The number of hydrogen-bond donors (Lipinski definition) is 2. The predicted octanol–water partition coefficient (Wildman–Crippen LogP) is 1.37. The Morgan fingerprint density at radius 1 is 1.41 bits per heavy atom. The zero-order chi connectivity index (χ0) is 12.8. The topological polar surface area (TPSA) is 81.4 Å². The summed E-state index contributed by atoms with van der Waals surface area (Å²) in [7, 11) is 1.56. The van der Waals surface area contributed by atoms with Gasteiger partial charge in [0.15, 0.2) is 0 Å². The molecule has 0 heterocycles. The number of carbonyl (C=O) groups is 2. The molecule has 0 radical (unpaired) electrons. The summed E-state index contributed by atoms with van der Waals surface area (Å²) in [6, 6.07) is 6.50. The van der Waals surface area contributed by atoms with Crippen molar-refractivity contribution in [2.24, 2.45) is 5.73 Å². The third kappa shape index (κ3) is 3.99. The van der Waals surface area contributed by atoms with Gasteiger partial charge in [-0.05, 0) is 19.1 Å². The molecule has 1 unspecified atom stereocenters. The number of thioether (sulfide) groups is 1. The molecule has 3 amide bonds. The van der Waals surface area contributed by atoms with Crippen molar-refractivity contribution >= 4 is 23.7 Å². The normalized spacial score (nSPS) is 11.6. The van der Waals surface area contributed by atoms with Crippen LogP contribution in [0.2, 0.25) is 0 Å². The molecule has 0 spiro atoms. The van der Waals surface area contributed by atoms with E-state index < -0.39 is 17.2 Å². The fourth-order valence-corrected chi connectivity index (χ4v) is 2.15. The van der Waals surface area contributed by atoms with Crippen LogP contribution in [0.1, 0.15) is 6.92 Å². The average Bonchev–Trinajstić information content (AvgIpc) is 2.28. The van der Waals surface area contributed by atoms with Crippen LogP contribution in [-0.4, -0.2) is 24.3 Å². The Kier molecular flexibility index (Phi) is 4.84. The lowest BCUT2D eigenvalue weighted by atomic mass is 10.3. The molecule has 17 heavy (non-hydrogen) atoms. The number of urea groups is 1. The van der Waals surface area contributed by atoms with E-state index in [1.54, 1.807) is 20.1 Å². The van der Waals surface area contributed by atoms with Crippen molar-refractivity contribution in [3.63, 3.8) is 0 Å². The van der Waals surface area contributed by atoms with Crippen molar-refractivity contribution < 1.29 is 14.3 Å². The van der Waals surface area contributed by atoms with Crippen LogP contribution in [0.15, 0.2) is 29.2 Å². The second-order valence-corrected chi connectivity index (χ2v) is 4.65. The maximum absolute atomic E-state index is 11.5. The third-order valence-electron chi connectivity index (χ3n) is 1.99. The molecule has 1 aromatic rings. The molecule has 1 atom stereocenters. The van der Waals surface area contributed by atoms with E-state index in [1.807, 2.05) is 23.5 Å². The van der Waals surface area contributed by atoms with Gasteiger partial charge in [-0.2, -0.15) is 0 Å². The molecule has 0 saturated heterocycles. The SMILES string of the molecule is COc1ccccc1SC(C)C(=O)NC(N)=O. The van der Waals surface area contributed by atoms with E-state index in [0.717, 1.165) is 4.90 Å². The number of benzene rings is 1. The molecular formula is C11H14N2O3S. The number of nitrogens with two attached hydrogens (primary N) is 1. The number of carbonyl (C=O) groups excluding carboxylic acids is 2. The van der Waals surface area contributed by atoms with Gasteiger partial charge in [0.2, 0.25) is 5.91 Å². The number of rotatable bonds is 4. The van der Waals surface area contributed by atoms with E-state index in [4.69, 9.17) is 10.5 Å². The van der Waals surface area contributed by atoms with Crippen molar-refractivity contribution in [1.29, 1.82) is 0 Å². The highest BCUT2D eigenvalue weighted by Gasteiger charge is 2.17. The van der Waals surface area contributed by atoms with Crippen LogP contribution in [0.25, 0.3) is 0 Å². The summed E-state index contributed by atoms with van der Waals surface area (Å²) in [4.78, 5) is 22.9. The highest BCUT2D eigenvalue weighted by atomic mass is 32.2. The number of para-hydroxylation sites is 1. The van der Waals surface area contributed by atoms with E-state index in [2.05, 4.69) is 0 Å². The number of ether oxygens (including phenoxy) is 1.